The summed E-state index contributed by atoms with van der Waals surface area (Å²) in [5.74, 6) is 0.293. The van der Waals surface area contributed by atoms with E-state index in [4.69, 9.17) is 9.47 Å². The molecule has 9 nitrogen and oxygen atoms in total. The lowest BCUT2D eigenvalue weighted by Gasteiger charge is -2.30. The minimum atomic E-state index is -3.71. The SMILES string of the molecule is COc1ccc(S(=O)(=O)N2CCC(C(=O)N/N=C\c3cccc(O)c3)CC2)cc1OC. The van der Waals surface area contributed by atoms with Gasteiger partial charge in [0.05, 0.1) is 25.3 Å². The molecule has 1 amide bonds. The second kappa shape index (κ2) is 9.80. The highest BCUT2D eigenvalue weighted by molar-refractivity contribution is 7.89. The number of nitrogens with zero attached hydrogens (tertiary/aromatic N) is 2. The van der Waals surface area contributed by atoms with Gasteiger partial charge in [0.15, 0.2) is 11.5 Å². The Morgan fingerprint density at radius 2 is 1.84 bits per heavy atom. The van der Waals surface area contributed by atoms with Crippen LogP contribution in [0.25, 0.3) is 0 Å². The lowest BCUT2D eigenvalue weighted by molar-refractivity contribution is -0.126. The van der Waals surface area contributed by atoms with Crippen LogP contribution in [0.3, 0.4) is 0 Å². The maximum atomic E-state index is 13.0. The first-order chi connectivity index (χ1) is 14.8. The first kappa shape index (κ1) is 22.6. The van der Waals surface area contributed by atoms with Crippen molar-refractivity contribution in [1.29, 1.82) is 0 Å². The molecule has 0 aliphatic carbocycles. The number of phenols is 1. The van der Waals surface area contributed by atoms with E-state index in [-0.39, 0.29) is 35.6 Å². The van der Waals surface area contributed by atoms with Gasteiger partial charge in [-0.15, -0.1) is 0 Å². The number of hydrazone groups is 1. The fourth-order valence-electron chi connectivity index (χ4n) is 3.35. The van der Waals surface area contributed by atoms with Crippen molar-refractivity contribution >= 4 is 22.1 Å². The Morgan fingerprint density at radius 3 is 2.48 bits per heavy atom. The number of benzene rings is 2. The van der Waals surface area contributed by atoms with Crippen LogP contribution in [-0.2, 0) is 14.8 Å². The average molecular weight is 448 g/mol. The average Bonchev–Trinajstić information content (AvgIpc) is 2.78. The van der Waals surface area contributed by atoms with Gasteiger partial charge in [0.25, 0.3) is 0 Å². The molecule has 166 valence electrons. The zero-order valence-electron chi connectivity index (χ0n) is 17.3. The van der Waals surface area contributed by atoms with Gasteiger partial charge in [0.1, 0.15) is 5.75 Å². The molecule has 0 unspecified atom stereocenters. The summed E-state index contributed by atoms with van der Waals surface area (Å²) in [5.41, 5.74) is 3.13. The topological polar surface area (TPSA) is 118 Å². The molecule has 0 atom stereocenters. The molecule has 2 aromatic carbocycles. The first-order valence-corrected chi connectivity index (χ1v) is 11.1. The summed E-state index contributed by atoms with van der Waals surface area (Å²) >= 11 is 0. The van der Waals surface area contributed by atoms with Crippen molar-refractivity contribution in [2.45, 2.75) is 17.7 Å². The van der Waals surface area contributed by atoms with Crippen LogP contribution in [0, 0.1) is 5.92 Å². The molecule has 2 N–H and O–H groups in total. The Kier molecular flexibility index (Phi) is 7.13. The number of carbonyl (C=O) groups is 1. The second-order valence-corrected chi connectivity index (χ2v) is 8.96. The number of ether oxygens (including phenoxy) is 2. The van der Waals surface area contributed by atoms with Crippen LogP contribution in [0.2, 0.25) is 0 Å². The Balaban J connectivity index is 1.58. The van der Waals surface area contributed by atoms with E-state index in [0.717, 1.165) is 0 Å². The third-order valence-electron chi connectivity index (χ3n) is 5.08. The summed E-state index contributed by atoms with van der Waals surface area (Å²) in [6, 6.07) is 10.9. The quantitative estimate of drug-likeness (QED) is 0.495. The molecule has 0 spiro atoms. The number of carbonyl (C=O) groups excluding carboxylic acids is 1. The second-order valence-electron chi connectivity index (χ2n) is 7.02. The van der Waals surface area contributed by atoms with Crippen molar-refractivity contribution in [3.63, 3.8) is 0 Å². The van der Waals surface area contributed by atoms with Crippen LogP contribution in [0.4, 0.5) is 0 Å². The summed E-state index contributed by atoms with van der Waals surface area (Å²) in [4.78, 5) is 12.5. The third-order valence-corrected chi connectivity index (χ3v) is 6.97. The number of phenolic OH excluding ortho intramolecular Hbond substituents is 1. The highest BCUT2D eigenvalue weighted by Gasteiger charge is 2.32. The number of nitrogens with one attached hydrogen (secondary N) is 1. The van der Waals surface area contributed by atoms with Gasteiger partial charge in [-0.2, -0.15) is 9.41 Å². The van der Waals surface area contributed by atoms with Crippen LogP contribution < -0.4 is 14.9 Å². The summed E-state index contributed by atoms with van der Waals surface area (Å²) in [6.07, 6.45) is 2.22. The van der Waals surface area contributed by atoms with Crippen LogP contribution in [0.15, 0.2) is 52.5 Å². The molecule has 10 heteroatoms. The molecule has 0 radical (unpaired) electrons. The van der Waals surface area contributed by atoms with Gasteiger partial charge in [0.2, 0.25) is 15.9 Å². The number of rotatable bonds is 7. The molecule has 0 saturated carbocycles. The molecule has 2 aromatic rings. The van der Waals surface area contributed by atoms with E-state index in [1.54, 1.807) is 24.3 Å². The maximum Gasteiger partial charge on any atom is 0.243 e. The summed E-state index contributed by atoms with van der Waals surface area (Å²) < 4.78 is 37.7. The largest absolute Gasteiger partial charge is 0.508 e. The molecule has 1 fully saturated rings. The Hall–Kier alpha value is -3.11. The van der Waals surface area contributed by atoms with Crippen LogP contribution in [0.1, 0.15) is 18.4 Å². The van der Waals surface area contributed by atoms with E-state index >= 15 is 0 Å². The van der Waals surface area contributed by atoms with Gasteiger partial charge in [-0.25, -0.2) is 13.8 Å². The zero-order valence-corrected chi connectivity index (χ0v) is 18.1. The number of sulfonamides is 1. The molecule has 1 heterocycles. The fraction of sp³-hybridized carbons (Fsp3) is 0.333. The van der Waals surface area contributed by atoms with Crippen molar-refractivity contribution in [2.24, 2.45) is 11.0 Å². The molecular weight excluding hydrogens is 422 g/mol. The van der Waals surface area contributed by atoms with Gasteiger partial charge in [-0.05, 0) is 42.7 Å². The Morgan fingerprint density at radius 1 is 1.13 bits per heavy atom. The van der Waals surface area contributed by atoms with Gasteiger partial charge in [-0.1, -0.05) is 12.1 Å². The molecule has 0 aromatic heterocycles. The minimum absolute atomic E-state index is 0.110. The summed E-state index contributed by atoms with van der Waals surface area (Å²) in [6.45, 7) is 0.454. The zero-order chi connectivity index (χ0) is 22.4. The third kappa shape index (κ3) is 5.33. The van der Waals surface area contributed by atoms with Gasteiger partial charge in [0, 0.05) is 25.1 Å². The monoisotopic (exact) mass is 447 g/mol. The van der Waals surface area contributed by atoms with Crippen molar-refractivity contribution < 1.29 is 27.8 Å². The summed E-state index contributed by atoms with van der Waals surface area (Å²) in [7, 11) is -0.785. The predicted octanol–water partition coefficient (Wildman–Crippen LogP) is 1.96. The highest BCUT2D eigenvalue weighted by Crippen LogP contribution is 2.32. The van der Waals surface area contributed by atoms with E-state index in [1.165, 1.54) is 42.9 Å². The van der Waals surface area contributed by atoms with Crippen molar-refractivity contribution in [1.82, 2.24) is 9.73 Å². The Bertz CT molecular complexity index is 1060. The van der Waals surface area contributed by atoms with E-state index in [9.17, 15) is 18.3 Å². The normalized spacial score (nSPS) is 15.7. The molecule has 1 aliphatic rings. The lowest BCUT2D eigenvalue weighted by Crippen LogP contribution is -2.42. The lowest BCUT2D eigenvalue weighted by atomic mass is 9.98. The number of amides is 1. The van der Waals surface area contributed by atoms with Crippen molar-refractivity contribution in [2.75, 3.05) is 27.3 Å². The van der Waals surface area contributed by atoms with Crippen molar-refractivity contribution in [3.05, 3.63) is 48.0 Å². The van der Waals surface area contributed by atoms with E-state index < -0.39 is 10.0 Å². The van der Waals surface area contributed by atoms with E-state index in [1.807, 2.05) is 0 Å². The number of piperidine rings is 1. The van der Waals surface area contributed by atoms with Crippen LogP contribution in [-0.4, -0.2) is 57.3 Å². The number of hydrogen-bond acceptors (Lipinski definition) is 7. The van der Waals surface area contributed by atoms with Crippen molar-refractivity contribution in [3.8, 4) is 17.2 Å². The van der Waals surface area contributed by atoms with E-state index in [0.29, 0.717) is 29.9 Å². The van der Waals surface area contributed by atoms with E-state index in [2.05, 4.69) is 10.5 Å². The van der Waals surface area contributed by atoms with Gasteiger partial charge >= 0.3 is 0 Å². The first-order valence-electron chi connectivity index (χ1n) is 9.69. The molecule has 3 rings (SSSR count). The minimum Gasteiger partial charge on any atom is -0.508 e. The van der Waals surface area contributed by atoms with Crippen LogP contribution in [0.5, 0.6) is 17.2 Å². The highest BCUT2D eigenvalue weighted by atomic mass is 32.2. The van der Waals surface area contributed by atoms with Gasteiger partial charge < -0.3 is 14.6 Å². The number of methoxy groups -OCH3 is 2. The smallest absolute Gasteiger partial charge is 0.243 e. The fourth-order valence-corrected chi connectivity index (χ4v) is 4.84. The predicted molar refractivity (Wildman–Crippen MR) is 115 cm³/mol. The molecule has 31 heavy (non-hydrogen) atoms. The maximum absolute atomic E-state index is 13.0. The standard InChI is InChI=1S/C21H25N3O6S/c1-29-19-7-6-18(13-20(19)30-2)31(27,28)24-10-8-16(9-11-24)21(26)23-22-14-15-4-3-5-17(25)12-15/h3-7,12-14,16,25H,8-11H2,1-2H3,(H,23,26)/b22-14-. The molecule has 1 saturated heterocycles. The van der Waals surface area contributed by atoms with Gasteiger partial charge in [-0.3, -0.25) is 4.79 Å². The van der Waals surface area contributed by atoms with Crippen LogP contribution >= 0.6 is 0 Å². The number of hydrogen-bond donors (Lipinski definition) is 2. The molecule has 1 aliphatic heterocycles. The Labute approximate surface area is 181 Å². The summed E-state index contributed by atoms with van der Waals surface area (Å²) in [5, 5.41) is 13.4. The molecular formula is C21H25N3O6S. The number of aromatic hydroxyl groups is 1. The molecule has 0 bridgehead atoms.